The van der Waals surface area contributed by atoms with Crippen molar-refractivity contribution in [2.45, 2.75) is 6.92 Å². The first kappa shape index (κ1) is 10.1. The number of imidazole rings is 1. The molecule has 0 radical (unpaired) electrons. The number of benzene rings is 1. The number of hydrogen-bond acceptors (Lipinski definition) is 2. The molecule has 0 saturated heterocycles. The maximum absolute atomic E-state index is 11.0. The summed E-state index contributed by atoms with van der Waals surface area (Å²) in [6, 6.07) is 7.82. The van der Waals surface area contributed by atoms with E-state index in [9.17, 15) is 4.79 Å². The van der Waals surface area contributed by atoms with Crippen molar-refractivity contribution in [2.75, 3.05) is 0 Å². The summed E-state index contributed by atoms with van der Waals surface area (Å²) in [4.78, 5) is 18.0. The van der Waals surface area contributed by atoms with Crippen molar-refractivity contribution in [3.63, 3.8) is 0 Å². The average Bonchev–Trinajstić information content (AvgIpc) is 2.68. The van der Waals surface area contributed by atoms with Crippen molar-refractivity contribution in [1.82, 2.24) is 9.97 Å². The third kappa shape index (κ3) is 2.15. The average molecular weight is 265 g/mol. The highest BCUT2D eigenvalue weighted by Gasteiger charge is 2.05. The summed E-state index contributed by atoms with van der Waals surface area (Å²) in [5, 5.41) is 0. The van der Waals surface area contributed by atoms with E-state index in [4.69, 9.17) is 0 Å². The highest BCUT2D eigenvalue weighted by molar-refractivity contribution is 9.10. The Morgan fingerprint density at radius 1 is 1.33 bits per heavy atom. The van der Waals surface area contributed by atoms with E-state index in [2.05, 4.69) is 25.9 Å². The maximum atomic E-state index is 11.0. The molecule has 76 valence electrons. The number of Topliss-reactive ketones (excluding diaryl/α,β-unsaturated/α-hetero) is 1. The molecule has 2 aromatic rings. The van der Waals surface area contributed by atoms with Crippen molar-refractivity contribution in [3.05, 3.63) is 40.8 Å². The molecular formula is C11H9BrN2O. The summed E-state index contributed by atoms with van der Waals surface area (Å²) in [7, 11) is 0. The molecule has 1 heterocycles. The zero-order valence-electron chi connectivity index (χ0n) is 8.12. The van der Waals surface area contributed by atoms with Gasteiger partial charge in [0.15, 0.2) is 11.6 Å². The van der Waals surface area contributed by atoms with Crippen LogP contribution in [0.1, 0.15) is 17.5 Å². The van der Waals surface area contributed by atoms with E-state index >= 15 is 0 Å². The lowest BCUT2D eigenvalue weighted by Gasteiger charge is -1.96. The predicted molar refractivity (Wildman–Crippen MR) is 61.7 cm³/mol. The van der Waals surface area contributed by atoms with E-state index in [1.165, 1.54) is 6.92 Å². The number of ketones is 1. The number of nitrogens with one attached hydrogen (secondary N) is 1. The van der Waals surface area contributed by atoms with Crippen molar-refractivity contribution in [1.29, 1.82) is 0 Å². The smallest absolute Gasteiger partial charge is 0.194 e. The molecular weight excluding hydrogens is 256 g/mol. The Kier molecular flexibility index (Phi) is 2.68. The molecule has 1 aromatic heterocycles. The van der Waals surface area contributed by atoms with E-state index in [0.29, 0.717) is 5.82 Å². The maximum Gasteiger partial charge on any atom is 0.194 e. The Morgan fingerprint density at radius 2 is 2.00 bits per heavy atom. The summed E-state index contributed by atoms with van der Waals surface area (Å²) in [6.07, 6.45) is 1.67. The van der Waals surface area contributed by atoms with Gasteiger partial charge in [-0.05, 0) is 17.7 Å². The van der Waals surface area contributed by atoms with Gasteiger partial charge in [-0.15, -0.1) is 0 Å². The molecule has 3 nitrogen and oxygen atoms in total. The zero-order valence-corrected chi connectivity index (χ0v) is 9.71. The van der Waals surface area contributed by atoms with Crippen LogP contribution >= 0.6 is 15.9 Å². The molecule has 0 bridgehead atoms. The first-order valence-corrected chi connectivity index (χ1v) is 5.28. The number of nitrogens with zero attached hydrogens (tertiary/aromatic N) is 1. The SMILES string of the molecule is CC(=O)c1ncc(-c2ccc(Br)cc2)[nH]1. The van der Waals surface area contributed by atoms with Gasteiger partial charge in [0.1, 0.15) is 0 Å². The van der Waals surface area contributed by atoms with Gasteiger partial charge in [-0.25, -0.2) is 4.98 Å². The molecule has 4 heteroatoms. The fraction of sp³-hybridized carbons (Fsp3) is 0.0909. The number of aromatic amines is 1. The number of aromatic nitrogens is 2. The molecule has 1 aromatic carbocycles. The Hall–Kier alpha value is -1.42. The molecule has 0 spiro atoms. The Balaban J connectivity index is 2.37. The third-order valence-electron chi connectivity index (χ3n) is 2.06. The van der Waals surface area contributed by atoms with Crippen molar-refractivity contribution >= 4 is 21.7 Å². The second kappa shape index (κ2) is 3.98. The first-order chi connectivity index (χ1) is 7.16. The Labute approximate surface area is 95.7 Å². The van der Waals surface area contributed by atoms with Crippen LogP contribution in [0.25, 0.3) is 11.3 Å². The summed E-state index contributed by atoms with van der Waals surface area (Å²) in [5.74, 6) is 0.339. The third-order valence-corrected chi connectivity index (χ3v) is 2.59. The fourth-order valence-electron chi connectivity index (χ4n) is 1.28. The van der Waals surface area contributed by atoms with E-state index in [1.807, 2.05) is 24.3 Å². The highest BCUT2D eigenvalue weighted by atomic mass is 79.9. The molecule has 15 heavy (non-hydrogen) atoms. The molecule has 0 aliphatic heterocycles. The molecule has 0 aliphatic carbocycles. The second-order valence-corrected chi connectivity index (χ2v) is 4.12. The standard InChI is InChI=1S/C11H9BrN2O/c1-7(15)11-13-6-10(14-11)8-2-4-9(12)5-3-8/h2-6H,1H3,(H,13,14). The van der Waals surface area contributed by atoms with E-state index in [0.717, 1.165) is 15.7 Å². The van der Waals surface area contributed by atoms with Gasteiger partial charge < -0.3 is 4.98 Å². The van der Waals surface area contributed by atoms with E-state index in [-0.39, 0.29) is 5.78 Å². The van der Waals surface area contributed by atoms with Crippen LogP contribution in [-0.4, -0.2) is 15.8 Å². The summed E-state index contributed by atoms with van der Waals surface area (Å²) in [6.45, 7) is 1.49. The number of H-pyrrole nitrogens is 1. The van der Waals surface area contributed by atoms with Gasteiger partial charge in [-0.1, -0.05) is 28.1 Å². The van der Waals surface area contributed by atoms with Crippen LogP contribution in [0.3, 0.4) is 0 Å². The molecule has 0 aliphatic rings. The molecule has 0 amide bonds. The van der Waals surface area contributed by atoms with Gasteiger partial charge in [0.05, 0.1) is 11.9 Å². The number of carbonyl (C=O) groups excluding carboxylic acids is 1. The Bertz CT molecular complexity index is 488. The largest absolute Gasteiger partial charge is 0.336 e. The van der Waals surface area contributed by atoms with Crippen LogP contribution in [0.5, 0.6) is 0 Å². The number of halogens is 1. The minimum absolute atomic E-state index is 0.0571. The lowest BCUT2D eigenvalue weighted by atomic mass is 10.2. The summed E-state index contributed by atoms with van der Waals surface area (Å²) in [5.41, 5.74) is 1.87. The molecule has 0 saturated carbocycles. The Morgan fingerprint density at radius 3 is 2.53 bits per heavy atom. The molecule has 0 unspecified atom stereocenters. The second-order valence-electron chi connectivity index (χ2n) is 3.21. The normalized spacial score (nSPS) is 10.3. The van der Waals surface area contributed by atoms with Gasteiger partial charge in [0, 0.05) is 11.4 Å². The lowest BCUT2D eigenvalue weighted by Crippen LogP contribution is -1.93. The summed E-state index contributed by atoms with van der Waals surface area (Å²) < 4.78 is 1.03. The van der Waals surface area contributed by atoms with Crippen LogP contribution in [0.15, 0.2) is 34.9 Å². The van der Waals surface area contributed by atoms with E-state index < -0.39 is 0 Å². The van der Waals surface area contributed by atoms with Crippen LogP contribution in [0.4, 0.5) is 0 Å². The van der Waals surface area contributed by atoms with Gasteiger partial charge in [0.25, 0.3) is 0 Å². The van der Waals surface area contributed by atoms with Crippen molar-refractivity contribution < 1.29 is 4.79 Å². The minimum atomic E-state index is -0.0571. The van der Waals surface area contributed by atoms with Gasteiger partial charge >= 0.3 is 0 Å². The van der Waals surface area contributed by atoms with E-state index in [1.54, 1.807) is 6.20 Å². The number of carbonyl (C=O) groups is 1. The molecule has 0 fully saturated rings. The number of hydrogen-bond donors (Lipinski definition) is 1. The van der Waals surface area contributed by atoms with Crippen molar-refractivity contribution in [3.8, 4) is 11.3 Å². The quantitative estimate of drug-likeness (QED) is 0.848. The van der Waals surface area contributed by atoms with Gasteiger partial charge in [0.2, 0.25) is 0 Å². The first-order valence-electron chi connectivity index (χ1n) is 4.48. The monoisotopic (exact) mass is 264 g/mol. The van der Waals surface area contributed by atoms with Crippen LogP contribution < -0.4 is 0 Å². The van der Waals surface area contributed by atoms with Gasteiger partial charge in [-0.3, -0.25) is 4.79 Å². The molecule has 1 N–H and O–H groups in total. The van der Waals surface area contributed by atoms with Crippen LogP contribution in [0.2, 0.25) is 0 Å². The zero-order chi connectivity index (χ0) is 10.8. The fourth-order valence-corrected chi connectivity index (χ4v) is 1.54. The predicted octanol–water partition coefficient (Wildman–Crippen LogP) is 3.04. The van der Waals surface area contributed by atoms with Crippen LogP contribution in [-0.2, 0) is 0 Å². The van der Waals surface area contributed by atoms with Crippen LogP contribution in [0, 0.1) is 0 Å². The molecule has 2 rings (SSSR count). The van der Waals surface area contributed by atoms with Crippen molar-refractivity contribution in [2.24, 2.45) is 0 Å². The molecule has 0 atom stereocenters. The number of rotatable bonds is 2. The lowest BCUT2D eigenvalue weighted by molar-refractivity contribution is 0.100. The van der Waals surface area contributed by atoms with Gasteiger partial charge in [-0.2, -0.15) is 0 Å². The minimum Gasteiger partial charge on any atom is -0.336 e. The topological polar surface area (TPSA) is 45.8 Å². The summed E-state index contributed by atoms with van der Waals surface area (Å²) >= 11 is 3.37. The highest BCUT2D eigenvalue weighted by Crippen LogP contribution is 2.19.